The lowest BCUT2D eigenvalue weighted by molar-refractivity contribution is -0.125. The fraction of sp³-hybridized carbons (Fsp3) is 0.364. The highest BCUT2D eigenvalue weighted by Gasteiger charge is 2.46. The lowest BCUT2D eigenvalue weighted by Crippen LogP contribution is -2.37. The number of para-hydroxylation sites is 1. The van der Waals surface area contributed by atoms with Crippen LogP contribution in [0.25, 0.3) is 10.2 Å². The topological polar surface area (TPSA) is 45.2 Å². The van der Waals surface area contributed by atoms with Crippen LogP contribution in [0.4, 0.5) is 0 Å². The minimum absolute atomic E-state index is 0.0760. The molecular weight excluding hydrogens is 354 g/mol. The van der Waals surface area contributed by atoms with Gasteiger partial charge in [-0.1, -0.05) is 42.5 Å². The zero-order valence-corrected chi connectivity index (χ0v) is 16.0. The van der Waals surface area contributed by atoms with Crippen LogP contribution in [0, 0.1) is 5.92 Å². The fourth-order valence-corrected chi connectivity index (χ4v) is 5.65. The van der Waals surface area contributed by atoms with Crippen molar-refractivity contribution in [3.63, 3.8) is 0 Å². The highest BCUT2D eigenvalue weighted by atomic mass is 32.1. The molecule has 0 aliphatic carbocycles. The zero-order chi connectivity index (χ0) is 18.2. The number of carbonyl (C=O) groups excluding carboxylic acids is 1. The van der Waals surface area contributed by atoms with Crippen molar-refractivity contribution >= 4 is 27.5 Å². The smallest absolute Gasteiger partial charge is 0.225 e. The quantitative estimate of drug-likeness (QED) is 0.743. The molecule has 27 heavy (non-hydrogen) atoms. The van der Waals surface area contributed by atoms with Gasteiger partial charge in [0.2, 0.25) is 5.91 Å². The molecule has 2 fully saturated rings. The largest absolute Gasteiger partial charge is 0.349 e. The summed E-state index contributed by atoms with van der Waals surface area (Å²) in [7, 11) is 0. The zero-order valence-electron chi connectivity index (χ0n) is 15.2. The first-order valence-corrected chi connectivity index (χ1v) is 10.5. The van der Waals surface area contributed by atoms with Crippen LogP contribution in [0.1, 0.15) is 35.9 Å². The van der Waals surface area contributed by atoms with Gasteiger partial charge in [-0.3, -0.25) is 9.69 Å². The maximum atomic E-state index is 13.0. The van der Waals surface area contributed by atoms with Crippen molar-refractivity contribution < 1.29 is 4.79 Å². The second-order valence-electron chi connectivity index (χ2n) is 7.51. The van der Waals surface area contributed by atoms with Gasteiger partial charge in [0.15, 0.2) is 0 Å². The molecule has 138 valence electrons. The molecule has 1 N–H and O–H groups in total. The first-order valence-electron chi connectivity index (χ1n) is 9.72. The van der Waals surface area contributed by atoms with Gasteiger partial charge in [-0.15, -0.1) is 11.3 Å². The minimum atomic E-state index is 0.0760. The predicted molar refractivity (Wildman–Crippen MR) is 108 cm³/mol. The van der Waals surface area contributed by atoms with E-state index in [1.807, 2.05) is 18.2 Å². The normalized spacial score (nSPS) is 25.0. The van der Waals surface area contributed by atoms with Gasteiger partial charge in [0.05, 0.1) is 22.7 Å². The lowest BCUT2D eigenvalue weighted by Gasteiger charge is -2.24. The number of nitrogens with one attached hydrogen (secondary N) is 1. The molecular formula is C22H23N3OS. The number of fused-ring (bicyclic) bond motifs is 2. The molecule has 2 aromatic carbocycles. The molecule has 0 unspecified atom stereocenters. The van der Waals surface area contributed by atoms with Crippen LogP contribution >= 0.6 is 11.3 Å². The van der Waals surface area contributed by atoms with E-state index in [-0.39, 0.29) is 11.8 Å². The van der Waals surface area contributed by atoms with Crippen molar-refractivity contribution in [2.24, 2.45) is 5.92 Å². The third kappa shape index (κ3) is 3.15. The third-order valence-electron chi connectivity index (χ3n) is 5.96. The Kier molecular flexibility index (Phi) is 4.42. The predicted octanol–water partition coefficient (Wildman–Crippen LogP) is 4.14. The van der Waals surface area contributed by atoms with E-state index in [4.69, 9.17) is 0 Å². The number of aromatic nitrogens is 1. The summed E-state index contributed by atoms with van der Waals surface area (Å²) in [6.45, 7) is 1.63. The van der Waals surface area contributed by atoms with Crippen LogP contribution in [-0.2, 0) is 11.3 Å². The van der Waals surface area contributed by atoms with Gasteiger partial charge in [0, 0.05) is 12.1 Å². The fourth-order valence-electron chi connectivity index (χ4n) is 4.74. The summed E-state index contributed by atoms with van der Waals surface area (Å²) < 4.78 is 1.17. The maximum Gasteiger partial charge on any atom is 0.225 e. The third-order valence-corrected chi connectivity index (χ3v) is 6.99. The van der Waals surface area contributed by atoms with E-state index < -0.39 is 0 Å². The summed E-state index contributed by atoms with van der Waals surface area (Å²) >= 11 is 1.66. The number of hydrogen-bond acceptors (Lipinski definition) is 4. The lowest BCUT2D eigenvalue weighted by atomic mass is 9.93. The molecule has 1 aromatic heterocycles. The average Bonchev–Trinajstić information content (AvgIpc) is 3.41. The van der Waals surface area contributed by atoms with Crippen LogP contribution < -0.4 is 5.32 Å². The van der Waals surface area contributed by atoms with Crippen LogP contribution in [0.2, 0.25) is 0 Å². The Labute approximate surface area is 163 Å². The van der Waals surface area contributed by atoms with Gasteiger partial charge in [0.1, 0.15) is 5.01 Å². The molecule has 5 heteroatoms. The number of rotatable bonds is 4. The van der Waals surface area contributed by atoms with Crippen molar-refractivity contribution in [1.82, 2.24) is 15.2 Å². The monoisotopic (exact) mass is 377 g/mol. The Bertz CT molecular complexity index is 921. The number of thiazole rings is 1. The van der Waals surface area contributed by atoms with E-state index in [0.29, 0.717) is 18.6 Å². The Hall–Kier alpha value is -2.24. The summed E-state index contributed by atoms with van der Waals surface area (Å²) in [5.74, 6) is 0.261. The van der Waals surface area contributed by atoms with E-state index >= 15 is 0 Å². The maximum absolute atomic E-state index is 13.0. The molecule has 0 spiro atoms. The van der Waals surface area contributed by atoms with Crippen molar-refractivity contribution in [1.29, 1.82) is 0 Å². The minimum Gasteiger partial charge on any atom is -0.349 e. The molecule has 0 radical (unpaired) electrons. The molecule has 5 rings (SSSR count). The molecule has 2 aliphatic heterocycles. The summed E-state index contributed by atoms with van der Waals surface area (Å²) in [6, 6.07) is 19.5. The van der Waals surface area contributed by atoms with Crippen LogP contribution in [0.3, 0.4) is 0 Å². The Morgan fingerprint density at radius 1 is 1.15 bits per heavy atom. The number of hydrogen-bond donors (Lipinski definition) is 1. The molecule has 0 bridgehead atoms. The number of carbonyl (C=O) groups is 1. The van der Waals surface area contributed by atoms with Gasteiger partial charge in [-0.05, 0) is 43.5 Å². The summed E-state index contributed by atoms with van der Waals surface area (Å²) in [5, 5.41) is 4.15. The van der Waals surface area contributed by atoms with E-state index in [9.17, 15) is 4.79 Å². The molecule has 3 atom stereocenters. The molecule has 2 aliphatic rings. The van der Waals surface area contributed by atoms with E-state index in [1.54, 1.807) is 11.3 Å². The van der Waals surface area contributed by atoms with Crippen LogP contribution in [0.5, 0.6) is 0 Å². The summed E-state index contributed by atoms with van der Waals surface area (Å²) in [4.78, 5) is 20.2. The van der Waals surface area contributed by atoms with Crippen molar-refractivity contribution in [3.05, 3.63) is 65.2 Å². The molecule has 3 aromatic rings. The van der Waals surface area contributed by atoms with Crippen LogP contribution in [-0.4, -0.2) is 28.4 Å². The molecule has 2 saturated heterocycles. The molecule has 1 amide bonds. The van der Waals surface area contributed by atoms with Crippen LogP contribution in [0.15, 0.2) is 54.6 Å². The Morgan fingerprint density at radius 3 is 2.81 bits per heavy atom. The van der Waals surface area contributed by atoms with Crippen molar-refractivity contribution in [2.75, 3.05) is 6.54 Å². The second-order valence-corrected chi connectivity index (χ2v) is 8.62. The summed E-state index contributed by atoms with van der Waals surface area (Å²) in [6.07, 6.45) is 3.23. The van der Waals surface area contributed by atoms with Gasteiger partial charge in [-0.25, -0.2) is 4.98 Å². The van der Waals surface area contributed by atoms with E-state index in [1.165, 1.54) is 16.7 Å². The molecule has 3 heterocycles. The van der Waals surface area contributed by atoms with Crippen molar-refractivity contribution in [2.45, 2.75) is 37.9 Å². The van der Waals surface area contributed by atoms with Gasteiger partial charge >= 0.3 is 0 Å². The highest BCUT2D eigenvalue weighted by molar-refractivity contribution is 7.18. The molecule has 0 saturated carbocycles. The first kappa shape index (κ1) is 16.9. The van der Waals surface area contributed by atoms with E-state index in [0.717, 1.165) is 29.9 Å². The SMILES string of the molecule is O=C(NCc1nc2ccccc2s1)[C@@H]1C[C@H](c2ccccc2)N2CCC[C@@H]12. The summed E-state index contributed by atoms with van der Waals surface area (Å²) in [5.41, 5.74) is 2.35. The number of amides is 1. The standard InChI is InChI=1S/C22H23N3OS/c26-22(23-14-21-24-17-9-4-5-11-20(17)27-21)16-13-19(15-7-2-1-3-8-15)25-12-6-10-18(16)25/h1-5,7-9,11,16,18-19H,6,10,12-14H2,(H,23,26)/t16-,18+,19-/m1/s1. The number of benzene rings is 2. The second kappa shape index (κ2) is 7.06. The first-order chi connectivity index (χ1) is 13.3. The highest BCUT2D eigenvalue weighted by Crippen LogP contribution is 2.44. The Balaban J connectivity index is 1.29. The molecule has 4 nitrogen and oxygen atoms in total. The average molecular weight is 378 g/mol. The van der Waals surface area contributed by atoms with Crippen molar-refractivity contribution in [3.8, 4) is 0 Å². The van der Waals surface area contributed by atoms with Gasteiger partial charge in [0.25, 0.3) is 0 Å². The van der Waals surface area contributed by atoms with Gasteiger partial charge < -0.3 is 5.32 Å². The van der Waals surface area contributed by atoms with E-state index in [2.05, 4.69) is 51.6 Å². The Morgan fingerprint density at radius 2 is 1.96 bits per heavy atom. The van der Waals surface area contributed by atoms with Gasteiger partial charge in [-0.2, -0.15) is 0 Å². The number of nitrogens with zero attached hydrogens (tertiary/aromatic N) is 2.